The van der Waals surface area contributed by atoms with E-state index in [1.165, 1.54) is 0 Å². The van der Waals surface area contributed by atoms with Gasteiger partial charge in [0.2, 0.25) is 18.2 Å². The number of nitrogens with one attached hydrogen (secondary N) is 12. The Balaban J connectivity index is -0.000000390. The van der Waals surface area contributed by atoms with Gasteiger partial charge in [0.05, 0.1) is 0 Å². The van der Waals surface area contributed by atoms with Crippen molar-refractivity contribution in [3.05, 3.63) is 94.4 Å². The summed E-state index contributed by atoms with van der Waals surface area (Å²) in [4.78, 5) is 133. The second-order valence-corrected chi connectivity index (χ2v) is 4.39. The van der Waals surface area contributed by atoms with Crippen molar-refractivity contribution in [3.8, 4) is 0 Å². The Kier molecular flexibility index (Phi) is 19.2. The molecule has 24 heteroatoms. The highest BCUT2D eigenvalue weighted by molar-refractivity contribution is 5.26. The van der Waals surface area contributed by atoms with Gasteiger partial charge in [-0.05, 0) is 0 Å². The van der Waals surface area contributed by atoms with E-state index in [0.717, 1.165) is 18.2 Å². The molecule has 0 bridgehead atoms. The van der Waals surface area contributed by atoms with E-state index in [1.807, 2.05) is 0 Å². The first-order chi connectivity index (χ1) is 16.8. The average molecular weight is 516 g/mol. The lowest BCUT2D eigenvalue weighted by Gasteiger charge is -1.77. The SMILES string of the molecule is N=C=O.N=C=O.N=C=O.O=c1[nH]c(=O)[nH]c(=O)[nH]1.O=c1[nH]c(=O)[nH]c(=O)[nH]1.O=c1[nH]c(=O)[nH]c(=O)[nH]1. The summed E-state index contributed by atoms with van der Waals surface area (Å²) in [5.41, 5.74) is -7.22. The molecule has 0 aliphatic heterocycles. The van der Waals surface area contributed by atoms with Gasteiger partial charge in [-0.1, -0.05) is 0 Å². The highest BCUT2D eigenvalue weighted by Gasteiger charge is 1.86. The quantitative estimate of drug-likeness (QED) is 0.0979. The van der Waals surface area contributed by atoms with E-state index in [2.05, 4.69) is 0 Å². The lowest BCUT2D eigenvalue weighted by Crippen LogP contribution is -2.34. The molecule has 3 aromatic heterocycles. The minimum atomic E-state index is -0.802. The van der Waals surface area contributed by atoms with Crippen LogP contribution in [0.3, 0.4) is 0 Å². The van der Waals surface area contributed by atoms with E-state index in [9.17, 15) is 43.2 Å². The molecule has 0 atom stereocenters. The monoisotopic (exact) mass is 516 g/mol. The van der Waals surface area contributed by atoms with Gasteiger partial charge < -0.3 is 0 Å². The van der Waals surface area contributed by atoms with E-state index in [1.54, 1.807) is 44.9 Å². The lowest BCUT2D eigenvalue weighted by atomic mass is 11.0. The molecule has 0 aliphatic carbocycles. The van der Waals surface area contributed by atoms with Crippen LogP contribution >= 0.6 is 0 Å². The summed E-state index contributed by atoms with van der Waals surface area (Å²) in [7, 11) is 0. The van der Waals surface area contributed by atoms with Crippen LogP contribution in [0.2, 0.25) is 0 Å². The Labute approximate surface area is 189 Å². The molecule has 0 unspecified atom stereocenters. The predicted molar refractivity (Wildman–Crippen MR) is 110 cm³/mol. The first-order valence-electron chi connectivity index (χ1n) is 7.70. The maximum atomic E-state index is 10.2. The second-order valence-electron chi connectivity index (χ2n) is 4.39. The van der Waals surface area contributed by atoms with Crippen molar-refractivity contribution in [3.63, 3.8) is 0 Å². The second kappa shape index (κ2) is 20.3. The summed E-state index contributed by atoms with van der Waals surface area (Å²) >= 11 is 0. The van der Waals surface area contributed by atoms with Crippen molar-refractivity contribution in [1.29, 1.82) is 16.2 Å². The number of aromatic nitrogens is 9. The fourth-order valence-electron chi connectivity index (χ4n) is 1.21. The molecule has 24 nitrogen and oxygen atoms in total. The predicted octanol–water partition coefficient (Wildman–Crippen LogP) is -7.04. The number of isocyanates is 3. The van der Waals surface area contributed by atoms with Crippen LogP contribution in [0.4, 0.5) is 0 Å². The average Bonchev–Trinajstić information content (AvgIpc) is 2.67. The fraction of sp³-hybridized carbons (Fsp3) is 0. The number of rotatable bonds is 0. The Morgan fingerprint density at radius 3 is 0.417 bits per heavy atom. The van der Waals surface area contributed by atoms with Crippen LogP contribution in [0.5, 0.6) is 0 Å². The first kappa shape index (κ1) is 34.0. The van der Waals surface area contributed by atoms with Gasteiger partial charge in [0.25, 0.3) is 0 Å². The van der Waals surface area contributed by atoms with Gasteiger partial charge >= 0.3 is 51.2 Å². The van der Waals surface area contributed by atoms with Crippen molar-refractivity contribution in [2.75, 3.05) is 0 Å². The summed E-state index contributed by atoms with van der Waals surface area (Å²) < 4.78 is 0. The van der Waals surface area contributed by atoms with Crippen molar-refractivity contribution >= 4 is 18.2 Å². The minimum Gasteiger partial charge on any atom is -0.259 e. The van der Waals surface area contributed by atoms with Crippen LogP contribution in [0.15, 0.2) is 43.2 Å². The Morgan fingerprint density at radius 1 is 0.306 bits per heavy atom. The van der Waals surface area contributed by atoms with Crippen molar-refractivity contribution in [1.82, 2.24) is 44.9 Å². The molecule has 0 radical (unpaired) electrons. The molecule has 0 aliphatic rings. The van der Waals surface area contributed by atoms with E-state index in [4.69, 9.17) is 30.6 Å². The molecule has 0 spiro atoms. The zero-order valence-electron chi connectivity index (χ0n) is 16.9. The molecule has 3 aromatic rings. The molecule has 3 heterocycles. The van der Waals surface area contributed by atoms with Crippen LogP contribution in [0.1, 0.15) is 0 Å². The third-order valence-electron chi connectivity index (χ3n) is 2.04. The summed E-state index contributed by atoms with van der Waals surface area (Å²) in [6.45, 7) is 0. The maximum absolute atomic E-state index is 10.2. The molecule has 0 saturated heterocycles. The van der Waals surface area contributed by atoms with Gasteiger partial charge in [-0.3, -0.25) is 44.9 Å². The summed E-state index contributed by atoms with van der Waals surface area (Å²) in [6.07, 6.45) is 2.25. The molecule has 0 fully saturated rings. The number of aromatic amines is 9. The van der Waals surface area contributed by atoms with Crippen LogP contribution in [-0.4, -0.2) is 63.1 Å². The zero-order valence-corrected chi connectivity index (χ0v) is 16.9. The molecule has 3 rings (SSSR count). The molecule has 36 heavy (non-hydrogen) atoms. The van der Waals surface area contributed by atoms with Gasteiger partial charge in [-0.15, -0.1) is 0 Å². The number of hydrogen-bond donors (Lipinski definition) is 12. The Morgan fingerprint density at radius 2 is 0.361 bits per heavy atom. The van der Waals surface area contributed by atoms with Gasteiger partial charge in [0.15, 0.2) is 0 Å². The number of H-pyrrole nitrogens is 9. The largest absolute Gasteiger partial charge is 0.330 e. The molecule has 192 valence electrons. The smallest absolute Gasteiger partial charge is 0.259 e. The molecular weight excluding hydrogens is 504 g/mol. The van der Waals surface area contributed by atoms with Gasteiger partial charge in [-0.25, -0.2) is 73.8 Å². The van der Waals surface area contributed by atoms with Gasteiger partial charge in [0.1, 0.15) is 0 Å². The van der Waals surface area contributed by atoms with E-state index >= 15 is 0 Å². The zero-order chi connectivity index (χ0) is 28.7. The topological polar surface area (TPSA) is 418 Å². The number of carbonyl (C=O) groups excluding carboxylic acids is 3. The summed E-state index contributed by atoms with van der Waals surface area (Å²) in [6, 6.07) is 0. The third-order valence-corrected chi connectivity index (χ3v) is 2.04. The van der Waals surface area contributed by atoms with Crippen molar-refractivity contribution < 1.29 is 14.4 Å². The molecule has 0 saturated carbocycles. The van der Waals surface area contributed by atoms with Crippen LogP contribution in [0, 0.1) is 16.2 Å². The van der Waals surface area contributed by atoms with E-state index < -0.39 is 51.2 Å². The van der Waals surface area contributed by atoms with Crippen molar-refractivity contribution in [2.24, 2.45) is 0 Å². The van der Waals surface area contributed by atoms with Crippen LogP contribution < -0.4 is 51.2 Å². The third kappa shape index (κ3) is 22.1. The van der Waals surface area contributed by atoms with E-state index in [0.29, 0.717) is 0 Å². The Hall–Kier alpha value is -6.63. The minimum absolute atomic E-state index is 0.750. The van der Waals surface area contributed by atoms with Crippen LogP contribution in [0.25, 0.3) is 0 Å². The summed E-state index contributed by atoms with van der Waals surface area (Å²) in [5.74, 6) is 0. The lowest BCUT2D eigenvalue weighted by molar-refractivity contribution is 0.562. The van der Waals surface area contributed by atoms with Gasteiger partial charge in [-0.2, -0.15) is 0 Å². The standard InChI is InChI=1S/3C3H3N3O3.3CHNO/c3*7-1-4-2(8)6-3(9)5-1;3*2-1-3/h3*(H3,4,5,6,7,8,9);3*2H. The molecule has 12 N–H and O–H groups in total. The fourth-order valence-corrected chi connectivity index (χ4v) is 1.21. The highest BCUT2D eigenvalue weighted by Crippen LogP contribution is 1.31. The molecule has 0 aromatic carbocycles. The van der Waals surface area contributed by atoms with Gasteiger partial charge in [0, 0.05) is 0 Å². The molecular formula is C12H12N12O12. The van der Waals surface area contributed by atoms with Crippen LogP contribution in [-0.2, 0) is 14.4 Å². The highest BCUT2D eigenvalue weighted by atomic mass is 16.2. The Bertz CT molecular complexity index is 1260. The molecule has 0 amide bonds. The van der Waals surface area contributed by atoms with E-state index in [-0.39, 0.29) is 0 Å². The first-order valence-corrected chi connectivity index (χ1v) is 7.70. The normalized spacial score (nSPS) is 7.67. The van der Waals surface area contributed by atoms with Crippen molar-refractivity contribution in [2.45, 2.75) is 0 Å². The maximum Gasteiger partial charge on any atom is 0.330 e. The summed E-state index contributed by atoms with van der Waals surface area (Å²) in [5, 5.41) is 16.2. The number of hydrogen-bond acceptors (Lipinski definition) is 15.